The number of nitrogens with zero attached hydrogens (tertiary/aromatic N) is 6. The van der Waals surface area contributed by atoms with E-state index in [0.717, 1.165) is 56.0 Å². The SMILES string of the molecule is CCOP(=O)(CC[n+]1ccc(-c2cc[n+](Cc3nc4ccccc4[nH]3)cc2)cc1)OCC.Cl.O=P(O)(O)CC[n+]1ccc(-c2cc[n+](Cc3nc4ccccc4[nH]3)cc2)cc1.[Br-].[Cl-].[Cl-].[Cl-]. The molecule has 0 atom stereocenters. The molecule has 0 radical (unpaired) electrons. The number of H-pyrrole nitrogens is 2. The lowest BCUT2D eigenvalue weighted by Gasteiger charge is -2.15. The summed E-state index contributed by atoms with van der Waals surface area (Å²) >= 11 is 0. The molecule has 6 aromatic heterocycles. The van der Waals surface area contributed by atoms with E-state index in [0.29, 0.717) is 39.0 Å². The maximum atomic E-state index is 12.6. The van der Waals surface area contributed by atoms with E-state index in [1.54, 1.807) is 4.57 Å². The molecule has 0 bridgehead atoms. The highest BCUT2D eigenvalue weighted by Crippen LogP contribution is 2.47. The zero-order valence-electron chi connectivity index (χ0n) is 35.5. The van der Waals surface area contributed by atoms with Gasteiger partial charge in [0.2, 0.25) is 13.1 Å². The number of hydrogen-bond acceptors (Lipinski definition) is 6. The maximum Gasteiger partial charge on any atom is 0.337 e. The van der Waals surface area contributed by atoms with Crippen molar-refractivity contribution in [2.75, 3.05) is 25.5 Å². The second-order valence-corrected chi connectivity index (χ2v) is 18.1. The van der Waals surface area contributed by atoms with E-state index in [-0.39, 0.29) is 79.3 Å². The highest BCUT2D eigenvalue weighted by molar-refractivity contribution is 7.53. The summed E-state index contributed by atoms with van der Waals surface area (Å²) in [7, 11) is -7.01. The van der Waals surface area contributed by atoms with E-state index in [1.165, 1.54) is 0 Å². The number of para-hydroxylation sites is 4. The Bertz CT molecular complexity index is 2670. The Labute approximate surface area is 413 Å². The topological polar surface area (TPSA) is 166 Å². The number of benzene rings is 2. The van der Waals surface area contributed by atoms with Gasteiger partial charge < -0.3 is 83.0 Å². The number of hydrogen-bond donors (Lipinski definition) is 4. The number of aromatic nitrogens is 8. The second-order valence-electron chi connectivity index (χ2n) is 14.1. The number of nitrogens with one attached hydrogen (secondary N) is 2. The minimum Gasteiger partial charge on any atom is -1.00 e. The molecule has 14 nitrogen and oxygen atoms in total. The Hall–Kier alpha value is -4.08. The highest BCUT2D eigenvalue weighted by Gasteiger charge is 2.25. The Morgan fingerprint density at radius 1 is 0.523 bits per heavy atom. The number of rotatable bonds is 16. The van der Waals surface area contributed by atoms with Crippen molar-refractivity contribution >= 4 is 49.7 Å². The van der Waals surface area contributed by atoms with Crippen molar-refractivity contribution in [1.29, 1.82) is 0 Å². The van der Waals surface area contributed by atoms with Gasteiger partial charge in [-0.1, -0.05) is 24.3 Å². The molecule has 0 aliphatic heterocycles. The van der Waals surface area contributed by atoms with Gasteiger partial charge in [-0.3, -0.25) is 9.13 Å². The molecule has 0 amide bonds. The molecule has 0 unspecified atom stereocenters. The van der Waals surface area contributed by atoms with E-state index >= 15 is 0 Å². The van der Waals surface area contributed by atoms with Crippen molar-refractivity contribution in [3.05, 3.63) is 158 Å². The molecule has 0 fully saturated rings. The molecule has 2 aromatic carbocycles. The summed E-state index contributed by atoms with van der Waals surface area (Å²) < 4.78 is 42.3. The fraction of sp³-hybridized carbons (Fsp3) is 0.227. The van der Waals surface area contributed by atoms with Crippen LogP contribution in [0.1, 0.15) is 25.5 Å². The fourth-order valence-electron chi connectivity index (χ4n) is 6.66. The Morgan fingerprint density at radius 2 is 0.846 bits per heavy atom. The Balaban J connectivity index is 0.000000418. The third-order valence-corrected chi connectivity index (χ3v) is 12.5. The van der Waals surface area contributed by atoms with Crippen molar-refractivity contribution in [2.45, 2.75) is 40.0 Å². The van der Waals surface area contributed by atoms with E-state index < -0.39 is 15.2 Å². The summed E-state index contributed by atoms with van der Waals surface area (Å²) in [6.07, 6.45) is 16.0. The van der Waals surface area contributed by atoms with Crippen LogP contribution in [-0.4, -0.2) is 55.3 Å². The van der Waals surface area contributed by atoms with Gasteiger partial charge in [-0.25, -0.2) is 19.1 Å². The molecule has 0 aliphatic carbocycles. The summed E-state index contributed by atoms with van der Waals surface area (Å²) in [5.74, 6) is 1.84. The number of pyridine rings is 4. The van der Waals surface area contributed by atoms with Gasteiger partial charge in [-0.05, 0) is 60.4 Å². The third kappa shape index (κ3) is 16.6. The van der Waals surface area contributed by atoms with Gasteiger partial charge in [0.25, 0.3) is 0 Å². The van der Waals surface area contributed by atoms with Crippen LogP contribution in [-0.2, 0) is 44.4 Å². The monoisotopic (exact) mass is 1070 g/mol. The van der Waals surface area contributed by atoms with Crippen molar-refractivity contribution in [3.63, 3.8) is 0 Å². The summed E-state index contributed by atoms with van der Waals surface area (Å²) in [5, 5.41) is 0. The zero-order chi connectivity index (χ0) is 42.0. The third-order valence-electron chi connectivity index (χ3n) is 9.71. The van der Waals surface area contributed by atoms with Crippen LogP contribution in [0.4, 0.5) is 0 Å². The van der Waals surface area contributed by atoms with Gasteiger partial charge in [0, 0.05) is 48.5 Å². The largest absolute Gasteiger partial charge is 1.00 e. The first-order chi connectivity index (χ1) is 29.0. The molecule has 0 aliphatic rings. The van der Waals surface area contributed by atoms with Crippen LogP contribution < -0.4 is 72.5 Å². The number of aromatic amines is 2. The molecule has 8 aromatic rings. The van der Waals surface area contributed by atoms with Crippen LogP contribution in [0.5, 0.6) is 0 Å². The van der Waals surface area contributed by atoms with Crippen molar-refractivity contribution < 1.29 is 100 Å². The first kappa shape index (κ1) is 57.0. The molecule has 8 rings (SSSR count). The second kappa shape index (κ2) is 26.9. The van der Waals surface area contributed by atoms with Crippen LogP contribution >= 0.6 is 27.6 Å². The fourth-order valence-corrected chi connectivity index (χ4v) is 8.75. The van der Waals surface area contributed by atoms with E-state index in [9.17, 15) is 9.13 Å². The van der Waals surface area contributed by atoms with Gasteiger partial charge in [-0.15, -0.1) is 12.4 Å². The molecule has 0 saturated carbocycles. The average molecular weight is 1070 g/mol. The first-order valence-electron chi connectivity index (χ1n) is 19.8. The number of halogens is 5. The van der Waals surface area contributed by atoms with E-state index in [1.807, 2.05) is 128 Å². The molecule has 348 valence electrons. The van der Waals surface area contributed by atoms with Crippen LogP contribution in [0.3, 0.4) is 0 Å². The molecule has 6 heterocycles. The van der Waals surface area contributed by atoms with Gasteiger partial charge in [-0.2, -0.15) is 9.13 Å². The lowest BCUT2D eigenvalue weighted by atomic mass is 10.1. The van der Waals surface area contributed by atoms with Gasteiger partial charge in [0.05, 0.1) is 35.3 Å². The lowest BCUT2D eigenvalue weighted by molar-refractivity contribution is -0.692. The number of imidazole rings is 2. The Morgan fingerprint density at radius 3 is 1.17 bits per heavy atom. The van der Waals surface area contributed by atoms with Gasteiger partial charge >= 0.3 is 15.2 Å². The molecule has 0 saturated heterocycles. The molecular weight excluding hydrogens is 1020 g/mol. The average Bonchev–Trinajstić information content (AvgIpc) is 3.86. The number of fused-ring (bicyclic) bond motifs is 2. The molecule has 0 spiro atoms. The van der Waals surface area contributed by atoms with E-state index in [4.69, 9.17) is 18.8 Å². The predicted octanol–water partition coefficient (Wildman–Crippen LogP) is -5.41. The molecular formula is C44H51BrCl4N8O6P2. The van der Waals surface area contributed by atoms with Crippen LogP contribution in [0.15, 0.2) is 147 Å². The molecule has 21 heteroatoms. The van der Waals surface area contributed by atoms with Crippen molar-refractivity contribution in [2.24, 2.45) is 0 Å². The first-order valence-corrected chi connectivity index (χ1v) is 23.3. The predicted molar refractivity (Wildman–Crippen MR) is 235 cm³/mol. The van der Waals surface area contributed by atoms with Crippen molar-refractivity contribution in [1.82, 2.24) is 19.9 Å². The smallest absolute Gasteiger partial charge is 0.337 e. The van der Waals surface area contributed by atoms with Crippen molar-refractivity contribution in [3.8, 4) is 22.3 Å². The minimum absolute atomic E-state index is 0. The summed E-state index contributed by atoms with van der Waals surface area (Å²) in [5.41, 5.74) is 8.40. The van der Waals surface area contributed by atoms with Gasteiger partial charge in [0.1, 0.15) is 12.3 Å². The maximum absolute atomic E-state index is 12.6. The quantitative estimate of drug-likeness (QED) is 0.0551. The highest BCUT2D eigenvalue weighted by atomic mass is 79.9. The normalized spacial score (nSPS) is 10.9. The number of aryl methyl sites for hydroxylation is 2. The molecule has 65 heavy (non-hydrogen) atoms. The lowest BCUT2D eigenvalue weighted by Crippen LogP contribution is -3.00. The summed E-state index contributed by atoms with van der Waals surface area (Å²) in [6, 6.07) is 32.3. The van der Waals surface area contributed by atoms with E-state index in [2.05, 4.69) is 65.7 Å². The minimum atomic E-state index is -3.98. The van der Waals surface area contributed by atoms with Crippen LogP contribution in [0.25, 0.3) is 44.3 Å². The summed E-state index contributed by atoms with van der Waals surface area (Å²) in [4.78, 5) is 33.9. The van der Waals surface area contributed by atoms with Gasteiger partial charge in [0.15, 0.2) is 74.3 Å². The zero-order valence-corrected chi connectivity index (χ0v) is 42.0. The standard InChI is InChI=1S/C24H28N4O3P.C20H19N4O3P.BrH.4ClH/c1-3-30-32(29,31-4-2)18-17-27-13-9-20(10-14-27)21-11-15-28(16-12-21)19-24-25-22-7-5-6-8-23(22)26-24;25-28(26,27)14-13-23-9-5-16(6-10-23)17-7-11-24(12-8-17)15-20-21-18-3-1-2-4-19(18)22-20;;;;;/h5-16H,3-4,17-19H2,1-2H3;1-12H,13-15H2,(H-,25,26,27);5*1H/q+1;;;;;;/p-1. The summed E-state index contributed by atoms with van der Waals surface area (Å²) in [6.45, 7) is 6.62. The van der Waals surface area contributed by atoms with Crippen LogP contribution in [0, 0.1) is 0 Å². The molecule has 4 N–H and O–H groups in total. The van der Waals surface area contributed by atoms with Crippen LogP contribution in [0.2, 0.25) is 0 Å². The Kier molecular flexibility index (Phi) is 23.6.